The van der Waals surface area contributed by atoms with E-state index in [-0.39, 0.29) is 17.0 Å². The fraction of sp³-hybridized carbons (Fsp3) is 0.571. The third-order valence-corrected chi connectivity index (χ3v) is 2.85. The SMILES string of the molecule is Nc1nc2c(s1)CCCC2.[Br-]. The second-order valence-electron chi connectivity index (χ2n) is 2.63. The minimum atomic E-state index is 0. The van der Waals surface area contributed by atoms with E-state index in [2.05, 4.69) is 4.98 Å². The van der Waals surface area contributed by atoms with Gasteiger partial charge in [0.15, 0.2) is 5.13 Å². The number of nitrogens with zero attached hydrogens (tertiary/aromatic N) is 1. The smallest absolute Gasteiger partial charge is 0.180 e. The van der Waals surface area contributed by atoms with Crippen molar-refractivity contribution >= 4 is 16.5 Å². The van der Waals surface area contributed by atoms with Gasteiger partial charge < -0.3 is 22.7 Å². The number of fused-ring (bicyclic) bond motifs is 1. The van der Waals surface area contributed by atoms with Gasteiger partial charge in [-0.1, -0.05) is 0 Å². The second-order valence-corrected chi connectivity index (χ2v) is 3.74. The Morgan fingerprint density at radius 3 is 2.73 bits per heavy atom. The molecule has 11 heavy (non-hydrogen) atoms. The summed E-state index contributed by atoms with van der Waals surface area (Å²) in [6, 6.07) is 0. The number of aromatic nitrogens is 1. The molecule has 1 aliphatic rings. The van der Waals surface area contributed by atoms with E-state index in [4.69, 9.17) is 5.73 Å². The van der Waals surface area contributed by atoms with Gasteiger partial charge in [-0.15, -0.1) is 11.3 Å². The van der Waals surface area contributed by atoms with Crippen LogP contribution < -0.4 is 22.7 Å². The van der Waals surface area contributed by atoms with Crippen LogP contribution in [0.3, 0.4) is 0 Å². The molecule has 62 valence electrons. The van der Waals surface area contributed by atoms with Crippen LogP contribution in [-0.4, -0.2) is 4.98 Å². The van der Waals surface area contributed by atoms with Crippen LogP contribution in [0, 0.1) is 0 Å². The molecule has 0 amide bonds. The van der Waals surface area contributed by atoms with Crippen LogP contribution in [0.15, 0.2) is 0 Å². The number of aryl methyl sites for hydroxylation is 2. The maximum atomic E-state index is 5.57. The van der Waals surface area contributed by atoms with Crippen LogP contribution >= 0.6 is 11.3 Å². The lowest BCUT2D eigenvalue weighted by molar-refractivity contribution is -0.00000211. The molecule has 0 radical (unpaired) electrons. The predicted molar refractivity (Wildman–Crippen MR) is 43.2 cm³/mol. The van der Waals surface area contributed by atoms with Crippen LogP contribution in [0.4, 0.5) is 5.13 Å². The van der Waals surface area contributed by atoms with Crippen LogP contribution in [0.1, 0.15) is 23.4 Å². The topological polar surface area (TPSA) is 38.9 Å². The first kappa shape index (κ1) is 9.00. The van der Waals surface area contributed by atoms with Gasteiger partial charge in [0.05, 0.1) is 5.69 Å². The summed E-state index contributed by atoms with van der Waals surface area (Å²) in [5.74, 6) is 0. The molecule has 0 saturated carbocycles. The number of nitrogens with two attached hydrogens (primary N) is 1. The zero-order valence-electron chi connectivity index (χ0n) is 6.14. The van der Waals surface area contributed by atoms with E-state index >= 15 is 0 Å². The highest BCUT2D eigenvalue weighted by Gasteiger charge is 2.12. The molecule has 0 fully saturated rings. The van der Waals surface area contributed by atoms with Crippen molar-refractivity contribution in [1.82, 2.24) is 4.98 Å². The predicted octanol–water partition coefficient (Wildman–Crippen LogP) is -1.39. The highest BCUT2D eigenvalue weighted by Crippen LogP contribution is 2.27. The maximum Gasteiger partial charge on any atom is 0.180 e. The Balaban J connectivity index is 0.000000605. The van der Waals surface area contributed by atoms with Gasteiger partial charge in [0.2, 0.25) is 0 Å². The monoisotopic (exact) mass is 233 g/mol. The maximum absolute atomic E-state index is 5.57. The first-order valence-electron chi connectivity index (χ1n) is 3.60. The average Bonchev–Trinajstić information content (AvgIpc) is 2.27. The highest BCUT2D eigenvalue weighted by atomic mass is 79.9. The summed E-state index contributed by atoms with van der Waals surface area (Å²) in [7, 11) is 0. The largest absolute Gasteiger partial charge is 1.00 e. The van der Waals surface area contributed by atoms with E-state index in [9.17, 15) is 0 Å². The van der Waals surface area contributed by atoms with Crippen molar-refractivity contribution in [3.63, 3.8) is 0 Å². The second kappa shape index (κ2) is 3.54. The molecule has 1 aromatic heterocycles. The molecule has 0 aliphatic heterocycles. The summed E-state index contributed by atoms with van der Waals surface area (Å²) in [5, 5.41) is 0.743. The van der Waals surface area contributed by atoms with E-state index in [1.807, 2.05) is 0 Å². The molecular weight excluding hydrogens is 224 g/mol. The van der Waals surface area contributed by atoms with E-state index < -0.39 is 0 Å². The van der Waals surface area contributed by atoms with E-state index in [1.165, 1.54) is 29.8 Å². The summed E-state index contributed by atoms with van der Waals surface area (Å²) >= 11 is 1.66. The molecule has 0 aromatic carbocycles. The molecule has 1 heterocycles. The van der Waals surface area contributed by atoms with E-state index in [1.54, 1.807) is 11.3 Å². The van der Waals surface area contributed by atoms with Gasteiger partial charge in [0.1, 0.15) is 0 Å². The summed E-state index contributed by atoms with van der Waals surface area (Å²) in [6.45, 7) is 0. The fourth-order valence-electron chi connectivity index (χ4n) is 1.37. The van der Waals surface area contributed by atoms with Crippen molar-refractivity contribution < 1.29 is 17.0 Å². The van der Waals surface area contributed by atoms with Crippen molar-refractivity contribution in [2.75, 3.05) is 5.73 Å². The van der Waals surface area contributed by atoms with Gasteiger partial charge in [0.25, 0.3) is 0 Å². The average molecular weight is 234 g/mol. The molecule has 0 spiro atoms. The lowest BCUT2D eigenvalue weighted by atomic mass is 10.0. The molecule has 4 heteroatoms. The number of nitrogen functional groups attached to an aromatic ring is 1. The molecular formula is C7H10BrN2S-. The first-order chi connectivity index (χ1) is 4.86. The summed E-state index contributed by atoms with van der Waals surface area (Å²) in [4.78, 5) is 5.67. The van der Waals surface area contributed by atoms with E-state index in [0.717, 1.165) is 11.6 Å². The van der Waals surface area contributed by atoms with Crippen molar-refractivity contribution in [1.29, 1.82) is 0 Å². The lowest BCUT2D eigenvalue weighted by Gasteiger charge is -2.06. The third-order valence-electron chi connectivity index (χ3n) is 1.86. The van der Waals surface area contributed by atoms with Gasteiger partial charge in [-0.3, -0.25) is 0 Å². The standard InChI is InChI=1S/C7H10N2S.BrH/c8-7-9-5-3-1-2-4-6(5)10-7;/h1-4H2,(H2,8,9);1H/p-1. The quantitative estimate of drug-likeness (QED) is 0.600. The van der Waals surface area contributed by atoms with Crippen molar-refractivity contribution in [3.8, 4) is 0 Å². The molecule has 2 nitrogen and oxygen atoms in total. The Kier molecular flexibility index (Phi) is 2.90. The Morgan fingerprint density at radius 2 is 2.00 bits per heavy atom. The number of hydrogen-bond donors (Lipinski definition) is 1. The van der Waals surface area contributed by atoms with Crippen LogP contribution in [0.25, 0.3) is 0 Å². The Hall–Kier alpha value is -0.0900. The van der Waals surface area contributed by atoms with Crippen LogP contribution in [-0.2, 0) is 12.8 Å². The van der Waals surface area contributed by atoms with Crippen molar-refractivity contribution in [2.45, 2.75) is 25.7 Å². The minimum Gasteiger partial charge on any atom is -1.00 e. The molecule has 2 rings (SSSR count). The van der Waals surface area contributed by atoms with Gasteiger partial charge in [-0.2, -0.15) is 0 Å². The number of thiazole rings is 1. The first-order valence-corrected chi connectivity index (χ1v) is 4.42. The molecule has 2 N–H and O–H groups in total. The van der Waals surface area contributed by atoms with Crippen molar-refractivity contribution in [2.24, 2.45) is 0 Å². The Bertz CT molecular complexity index is 223. The number of rotatable bonds is 0. The molecule has 0 bridgehead atoms. The fourth-order valence-corrected chi connectivity index (χ4v) is 2.29. The molecule has 1 aromatic rings. The summed E-state index contributed by atoms with van der Waals surface area (Å²) < 4.78 is 0. The summed E-state index contributed by atoms with van der Waals surface area (Å²) in [6.07, 6.45) is 4.94. The third kappa shape index (κ3) is 1.73. The molecule has 0 unspecified atom stereocenters. The zero-order valence-corrected chi connectivity index (χ0v) is 8.54. The van der Waals surface area contributed by atoms with Crippen LogP contribution in [0.5, 0.6) is 0 Å². The lowest BCUT2D eigenvalue weighted by Crippen LogP contribution is -3.00. The Labute approximate surface area is 80.6 Å². The van der Waals surface area contributed by atoms with Gasteiger partial charge in [-0.25, -0.2) is 4.98 Å². The summed E-state index contributed by atoms with van der Waals surface area (Å²) in [5.41, 5.74) is 6.82. The van der Waals surface area contributed by atoms with Gasteiger partial charge >= 0.3 is 0 Å². The normalized spacial score (nSPS) is 15.3. The number of halogens is 1. The Morgan fingerprint density at radius 1 is 1.27 bits per heavy atom. The minimum absolute atomic E-state index is 0. The zero-order chi connectivity index (χ0) is 6.97. The number of hydrogen-bond acceptors (Lipinski definition) is 3. The van der Waals surface area contributed by atoms with Crippen molar-refractivity contribution in [3.05, 3.63) is 10.6 Å². The van der Waals surface area contributed by atoms with Gasteiger partial charge in [0, 0.05) is 4.88 Å². The van der Waals surface area contributed by atoms with Crippen LogP contribution in [0.2, 0.25) is 0 Å². The van der Waals surface area contributed by atoms with E-state index in [0.29, 0.717) is 0 Å². The highest BCUT2D eigenvalue weighted by molar-refractivity contribution is 7.15. The van der Waals surface area contributed by atoms with Gasteiger partial charge in [-0.05, 0) is 25.7 Å². The number of anilines is 1. The molecule has 1 aliphatic carbocycles. The molecule has 0 atom stereocenters. The molecule has 0 saturated heterocycles.